The zero-order valence-electron chi connectivity index (χ0n) is 10.7. The summed E-state index contributed by atoms with van der Waals surface area (Å²) >= 11 is 0. The van der Waals surface area contributed by atoms with Crippen molar-refractivity contribution in [1.82, 2.24) is 4.72 Å². The Morgan fingerprint density at radius 3 is 2.67 bits per heavy atom. The molecule has 1 saturated carbocycles. The molecular weight excluding hydrogens is 250 g/mol. The lowest BCUT2D eigenvalue weighted by Gasteiger charge is -2.21. The van der Waals surface area contributed by atoms with Crippen LogP contribution in [0.15, 0.2) is 23.1 Å². The lowest BCUT2D eigenvalue weighted by Crippen LogP contribution is -2.25. The number of benzene rings is 1. The molecule has 100 valence electrons. The van der Waals surface area contributed by atoms with Crippen molar-refractivity contribution < 1.29 is 8.42 Å². The second-order valence-corrected chi connectivity index (χ2v) is 6.33. The standard InChI is InChI=1S/C12H19N3O2S/c1-3-14-18(16,17)10-6-7-11(13)12(8-10)15(2)9-4-5-9/h6-9,14H,3-5,13H2,1-2H3. The average Bonchev–Trinajstić information content (AvgIpc) is 3.12. The Morgan fingerprint density at radius 2 is 2.11 bits per heavy atom. The topological polar surface area (TPSA) is 75.4 Å². The first kappa shape index (κ1) is 13.2. The molecule has 0 spiro atoms. The second kappa shape index (κ2) is 4.78. The van der Waals surface area contributed by atoms with E-state index in [4.69, 9.17) is 5.73 Å². The Bertz CT molecular complexity index is 538. The number of rotatable bonds is 5. The lowest BCUT2D eigenvalue weighted by atomic mass is 10.2. The van der Waals surface area contributed by atoms with Gasteiger partial charge in [-0.25, -0.2) is 13.1 Å². The summed E-state index contributed by atoms with van der Waals surface area (Å²) < 4.78 is 26.3. The molecular formula is C12H19N3O2S. The van der Waals surface area contributed by atoms with Crippen molar-refractivity contribution in [2.75, 3.05) is 24.2 Å². The molecule has 6 heteroatoms. The average molecular weight is 269 g/mol. The van der Waals surface area contributed by atoms with Gasteiger partial charge in [-0.2, -0.15) is 0 Å². The van der Waals surface area contributed by atoms with E-state index in [2.05, 4.69) is 9.62 Å². The largest absolute Gasteiger partial charge is 0.397 e. The Balaban J connectivity index is 2.37. The van der Waals surface area contributed by atoms with E-state index in [9.17, 15) is 8.42 Å². The van der Waals surface area contributed by atoms with Crippen LogP contribution < -0.4 is 15.4 Å². The van der Waals surface area contributed by atoms with E-state index in [0.29, 0.717) is 18.3 Å². The number of anilines is 2. The van der Waals surface area contributed by atoms with Crippen molar-refractivity contribution in [2.24, 2.45) is 0 Å². The fraction of sp³-hybridized carbons (Fsp3) is 0.500. The summed E-state index contributed by atoms with van der Waals surface area (Å²) in [6, 6.07) is 5.33. The third kappa shape index (κ3) is 2.59. The highest BCUT2D eigenvalue weighted by Gasteiger charge is 2.28. The van der Waals surface area contributed by atoms with Gasteiger partial charge in [0.25, 0.3) is 0 Å². The number of sulfonamides is 1. The molecule has 0 aromatic heterocycles. The van der Waals surface area contributed by atoms with Crippen LogP contribution >= 0.6 is 0 Å². The van der Waals surface area contributed by atoms with Gasteiger partial charge in [0.2, 0.25) is 10.0 Å². The van der Waals surface area contributed by atoms with Crippen LogP contribution in [-0.4, -0.2) is 28.1 Å². The molecule has 0 atom stereocenters. The van der Waals surface area contributed by atoms with Gasteiger partial charge in [0.1, 0.15) is 0 Å². The molecule has 0 unspecified atom stereocenters. The van der Waals surface area contributed by atoms with E-state index >= 15 is 0 Å². The maximum absolute atomic E-state index is 11.9. The van der Waals surface area contributed by atoms with Crippen molar-refractivity contribution in [3.8, 4) is 0 Å². The van der Waals surface area contributed by atoms with E-state index in [1.54, 1.807) is 19.1 Å². The lowest BCUT2D eigenvalue weighted by molar-refractivity contribution is 0.584. The fourth-order valence-corrected chi connectivity index (χ4v) is 2.99. The molecule has 0 aliphatic heterocycles. The molecule has 1 aliphatic carbocycles. The number of hydrogen-bond acceptors (Lipinski definition) is 4. The first-order valence-corrected chi connectivity index (χ1v) is 7.56. The van der Waals surface area contributed by atoms with Crippen LogP contribution in [0, 0.1) is 0 Å². The predicted molar refractivity (Wildman–Crippen MR) is 73.1 cm³/mol. The van der Waals surface area contributed by atoms with Gasteiger partial charge in [0.15, 0.2) is 0 Å². The van der Waals surface area contributed by atoms with Crippen LogP contribution in [0.5, 0.6) is 0 Å². The monoisotopic (exact) mass is 269 g/mol. The molecule has 0 radical (unpaired) electrons. The summed E-state index contributed by atoms with van der Waals surface area (Å²) in [5.74, 6) is 0. The number of nitrogens with two attached hydrogens (primary N) is 1. The minimum Gasteiger partial charge on any atom is -0.397 e. The molecule has 0 amide bonds. The molecule has 1 aliphatic rings. The molecule has 2 rings (SSSR count). The van der Waals surface area contributed by atoms with Crippen LogP contribution in [0.2, 0.25) is 0 Å². The van der Waals surface area contributed by atoms with Crippen LogP contribution in [0.25, 0.3) is 0 Å². The zero-order valence-corrected chi connectivity index (χ0v) is 11.5. The maximum Gasteiger partial charge on any atom is 0.240 e. The number of nitrogen functional groups attached to an aromatic ring is 1. The van der Waals surface area contributed by atoms with Crippen LogP contribution in [0.4, 0.5) is 11.4 Å². The van der Waals surface area contributed by atoms with Crippen molar-refractivity contribution in [3.63, 3.8) is 0 Å². The van der Waals surface area contributed by atoms with Crippen molar-refractivity contribution in [1.29, 1.82) is 0 Å². The van der Waals surface area contributed by atoms with Crippen LogP contribution in [0.3, 0.4) is 0 Å². The Hall–Kier alpha value is -1.27. The molecule has 0 heterocycles. The van der Waals surface area contributed by atoms with Crippen molar-refractivity contribution >= 4 is 21.4 Å². The zero-order chi connectivity index (χ0) is 13.3. The predicted octanol–water partition coefficient (Wildman–Crippen LogP) is 1.17. The van der Waals surface area contributed by atoms with Crippen molar-refractivity contribution in [2.45, 2.75) is 30.7 Å². The van der Waals surface area contributed by atoms with Gasteiger partial charge in [-0.05, 0) is 31.0 Å². The number of nitrogens with one attached hydrogen (secondary N) is 1. The maximum atomic E-state index is 11.9. The normalized spacial score (nSPS) is 15.7. The van der Waals surface area contributed by atoms with Gasteiger partial charge in [-0.15, -0.1) is 0 Å². The van der Waals surface area contributed by atoms with Gasteiger partial charge in [-0.3, -0.25) is 0 Å². The second-order valence-electron chi connectivity index (χ2n) is 4.56. The smallest absolute Gasteiger partial charge is 0.240 e. The minimum atomic E-state index is -3.42. The van der Waals surface area contributed by atoms with Gasteiger partial charge in [0.05, 0.1) is 16.3 Å². The molecule has 3 N–H and O–H groups in total. The summed E-state index contributed by atoms with van der Waals surface area (Å²) in [5, 5.41) is 0. The summed E-state index contributed by atoms with van der Waals surface area (Å²) in [6.07, 6.45) is 2.28. The summed E-state index contributed by atoms with van der Waals surface area (Å²) in [6.45, 7) is 2.13. The summed E-state index contributed by atoms with van der Waals surface area (Å²) in [5.41, 5.74) is 7.32. The first-order chi connectivity index (χ1) is 8.45. The molecule has 0 saturated heterocycles. The molecule has 0 bridgehead atoms. The van der Waals surface area contributed by atoms with E-state index in [-0.39, 0.29) is 4.90 Å². The first-order valence-electron chi connectivity index (χ1n) is 6.07. The SMILES string of the molecule is CCNS(=O)(=O)c1ccc(N)c(N(C)C2CC2)c1. The highest BCUT2D eigenvalue weighted by Crippen LogP contribution is 2.34. The number of nitrogens with zero attached hydrogens (tertiary/aromatic N) is 1. The van der Waals surface area contributed by atoms with Crippen LogP contribution in [0.1, 0.15) is 19.8 Å². The molecule has 5 nitrogen and oxygen atoms in total. The van der Waals surface area contributed by atoms with Gasteiger partial charge < -0.3 is 10.6 Å². The highest BCUT2D eigenvalue weighted by atomic mass is 32.2. The van der Waals surface area contributed by atoms with Gasteiger partial charge in [0, 0.05) is 19.6 Å². The molecule has 18 heavy (non-hydrogen) atoms. The fourth-order valence-electron chi connectivity index (χ4n) is 1.93. The third-order valence-electron chi connectivity index (χ3n) is 3.12. The van der Waals surface area contributed by atoms with Crippen LogP contribution in [-0.2, 0) is 10.0 Å². The minimum absolute atomic E-state index is 0.265. The van der Waals surface area contributed by atoms with E-state index < -0.39 is 10.0 Å². The molecule has 1 aromatic carbocycles. The third-order valence-corrected chi connectivity index (χ3v) is 4.66. The Labute approximate surface area is 108 Å². The Morgan fingerprint density at radius 1 is 1.44 bits per heavy atom. The van der Waals surface area contributed by atoms with E-state index in [1.807, 2.05) is 7.05 Å². The summed E-state index contributed by atoms with van der Waals surface area (Å²) in [4.78, 5) is 2.32. The van der Waals surface area contributed by atoms with E-state index in [0.717, 1.165) is 18.5 Å². The Kier molecular flexibility index (Phi) is 3.49. The van der Waals surface area contributed by atoms with E-state index in [1.165, 1.54) is 6.07 Å². The highest BCUT2D eigenvalue weighted by molar-refractivity contribution is 7.89. The molecule has 1 aromatic rings. The summed E-state index contributed by atoms with van der Waals surface area (Å²) in [7, 11) is -1.47. The molecule has 1 fully saturated rings. The number of hydrogen-bond donors (Lipinski definition) is 2. The van der Waals surface area contributed by atoms with Gasteiger partial charge >= 0.3 is 0 Å². The quantitative estimate of drug-likeness (QED) is 0.787. The van der Waals surface area contributed by atoms with Crippen molar-refractivity contribution in [3.05, 3.63) is 18.2 Å². The van der Waals surface area contributed by atoms with Gasteiger partial charge in [-0.1, -0.05) is 6.92 Å².